The molecule has 1 aliphatic rings. The summed E-state index contributed by atoms with van der Waals surface area (Å²) in [5.74, 6) is 0.787. The second-order valence-electron chi connectivity index (χ2n) is 8.58. The number of anilines is 1. The number of methoxy groups -OCH3 is 2. The van der Waals surface area contributed by atoms with Crippen LogP contribution in [0.1, 0.15) is 17.9 Å². The molecule has 1 aliphatic carbocycles. The van der Waals surface area contributed by atoms with Crippen LogP contribution >= 0.6 is 12.2 Å². The lowest BCUT2D eigenvalue weighted by molar-refractivity contribution is -0.120. The van der Waals surface area contributed by atoms with Crippen LogP contribution in [0, 0.1) is 11.7 Å². The van der Waals surface area contributed by atoms with Gasteiger partial charge in [0.1, 0.15) is 5.75 Å². The molecule has 1 heterocycles. The summed E-state index contributed by atoms with van der Waals surface area (Å²) in [5, 5.41) is 6.31. The van der Waals surface area contributed by atoms with Gasteiger partial charge in [0.25, 0.3) is 0 Å². The Morgan fingerprint density at radius 3 is 2.46 bits per heavy atom. The summed E-state index contributed by atoms with van der Waals surface area (Å²) in [6.45, 7) is 0. The lowest BCUT2D eigenvalue weighted by atomic mass is 10.1. The van der Waals surface area contributed by atoms with E-state index in [1.165, 1.54) is 19.2 Å². The second kappa shape index (κ2) is 10.4. The molecule has 2 unspecified atom stereocenters. The zero-order chi connectivity index (χ0) is 25.9. The Labute approximate surface area is 218 Å². The van der Waals surface area contributed by atoms with Gasteiger partial charge in [0, 0.05) is 35.3 Å². The van der Waals surface area contributed by atoms with Crippen molar-refractivity contribution in [1.82, 2.24) is 10.3 Å². The van der Waals surface area contributed by atoms with Crippen molar-refractivity contribution >= 4 is 39.8 Å². The SMILES string of the molecule is COc1cc2nccc(Oc3ccc(NC(=S)NC(=O)C4CC4c4ccccc4)cc3F)c2cc1OC. The van der Waals surface area contributed by atoms with Gasteiger partial charge in [-0.2, -0.15) is 0 Å². The van der Waals surface area contributed by atoms with E-state index in [2.05, 4.69) is 15.6 Å². The van der Waals surface area contributed by atoms with E-state index < -0.39 is 5.82 Å². The van der Waals surface area contributed by atoms with Gasteiger partial charge in [0.05, 0.1) is 19.7 Å². The number of fused-ring (bicyclic) bond motifs is 1. The van der Waals surface area contributed by atoms with Crippen molar-refractivity contribution in [2.75, 3.05) is 19.5 Å². The molecule has 0 spiro atoms. The minimum Gasteiger partial charge on any atom is -0.493 e. The van der Waals surface area contributed by atoms with Gasteiger partial charge in [-0.3, -0.25) is 9.78 Å². The van der Waals surface area contributed by atoms with Gasteiger partial charge >= 0.3 is 0 Å². The van der Waals surface area contributed by atoms with E-state index in [9.17, 15) is 9.18 Å². The highest BCUT2D eigenvalue weighted by molar-refractivity contribution is 7.80. The van der Waals surface area contributed by atoms with Gasteiger partial charge in [0.15, 0.2) is 28.2 Å². The Kier molecular flexibility index (Phi) is 6.87. The molecule has 2 N–H and O–H groups in total. The number of thiocarbonyl (C=S) groups is 1. The number of halogens is 1. The van der Waals surface area contributed by atoms with Crippen molar-refractivity contribution in [3.05, 3.63) is 84.3 Å². The molecule has 0 radical (unpaired) electrons. The standard InChI is InChI=1S/C28H24FN3O4S/c1-34-25-14-20-22(15-26(25)35-2)30-11-10-23(20)36-24-9-8-17(12-21(24)29)31-28(37)32-27(33)19-13-18(19)16-6-4-3-5-7-16/h3-12,14-15,18-19H,13H2,1-2H3,(H2,31,32,33,37). The Morgan fingerprint density at radius 2 is 1.73 bits per heavy atom. The lowest BCUT2D eigenvalue weighted by Crippen LogP contribution is -2.35. The summed E-state index contributed by atoms with van der Waals surface area (Å²) in [4.78, 5) is 16.9. The number of pyridine rings is 1. The molecule has 1 fully saturated rings. The molecule has 1 amide bonds. The van der Waals surface area contributed by atoms with Crippen molar-refractivity contribution in [2.45, 2.75) is 12.3 Å². The number of amides is 1. The number of nitrogens with zero attached hydrogens (tertiary/aromatic N) is 1. The fraction of sp³-hybridized carbons (Fsp3) is 0.179. The quantitative estimate of drug-likeness (QED) is 0.300. The summed E-state index contributed by atoms with van der Waals surface area (Å²) in [7, 11) is 3.07. The monoisotopic (exact) mass is 517 g/mol. The Balaban J connectivity index is 1.24. The highest BCUT2D eigenvalue weighted by atomic mass is 32.1. The third kappa shape index (κ3) is 5.31. The average molecular weight is 518 g/mol. The number of ether oxygens (including phenoxy) is 3. The molecule has 37 heavy (non-hydrogen) atoms. The molecule has 4 aromatic rings. The van der Waals surface area contributed by atoms with Gasteiger partial charge in [-0.15, -0.1) is 0 Å². The molecule has 3 aromatic carbocycles. The van der Waals surface area contributed by atoms with Crippen LogP contribution in [0.5, 0.6) is 23.0 Å². The first kappa shape index (κ1) is 24.5. The first-order valence-corrected chi connectivity index (χ1v) is 12.0. The van der Waals surface area contributed by atoms with E-state index in [0.717, 1.165) is 12.0 Å². The van der Waals surface area contributed by atoms with Crippen molar-refractivity contribution in [1.29, 1.82) is 0 Å². The third-order valence-corrected chi connectivity index (χ3v) is 6.41. The predicted molar refractivity (Wildman–Crippen MR) is 143 cm³/mol. The van der Waals surface area contributed by atoms with Crippen LogP contribution in [-0.4, -0.2) is 30.2 Å². The van der Waals surface area contributed by atoms with E-state index in [1.807, 2.05) is 30.3 Å². The third-order valence-electron chi connectivity index (χ3n) is 6.21. The fourth-order valence-corrected chi connectivity index (χ4v) is 4.46. The number of benzene rings is 3. The Bertz CT molecular complexity index is 1480. The molecule has 1 saturated carbocycles. The number of hydrogen-bond donors (Lipinski definition) is 2. The van der Waals surface area contributed by atoms with E-state index in [-0.39, 0.29) is 28.6 Å². The number of carbonyl (C=O) groups excluding carboxylic acids is 1. The molecule has 7 nitrogen and oxygen atoms in total. The van der Waals surface area contributed by atoms with Crippen LogP contribution in [0.4, 0.5) is 10.1 Å². The first-order chi connectivity index (χ1) is 18.0. The van der Waals surface area contributed by atoms with Crippen LogP contribution in [0.3, 0.4) is 0 Å². The molecule has 5 rings (SSSR count). The molecule has 188 valence electrons. The topological polar surface area (TPSA) is 81.7 Å². The molecule has 9 heteroatoms. The lowest BCUT2D eigenvalue weighted by Gasteiger charge is -2.14. The maximum absolute atomic E-state index is 14.9. The normalized spacial score (nSPS) is 16.1. The summed E-state index contributed by atoms with van der Waals surface area (Å²) in [6.07, 6.45) is 2.35. The van der Waals surface area contributed by atoms with Crippen LogP contribution in [0.15, 0.2) is 72.9 Å². The van der Waals surface area contributed by atoms with Crippen LogP contribution in [0.2, 0.25) is 0 Å². The van der Waals surface area contributed by atoms with Crippen molar-refractivity contribution in [3.8, 4) is 23.0 Å². The van der Waals surface area contributed by atoms with E-state index in [4.69, 9.17) is 26.4 Å². The fourth-order valence-electron chi connectivity index (χ4n) is 4.24. The van der Waals surface area contributed by atoms with Crippen LogP contribution in [0.25, 0.3) is 10.9 Å². The van der Waals surface area contributed by atoms with Crippen LogP contribution in [-0.2, 0) is 4.79 Å². The zero-order valence-electron chi connectivity index (χ0n) is 20.2. The van der Waals surface area contributed by atoms with Gasteiger partial charge < -0.3 is 24.8 Å². The highest BCUT2D eigenvalue weighted by Crippen LogP contribution is 2.47. The molecule has 2 atom stereocenters. The number of carbonyl (C=O) groups is 1. The molecular formula is C28H24FN3O4S. The van der Waals surface area contributed by atoms with Gasteiger partial charge in [-0.05, 0) is 54.4 Å². The number of nitrogens with one attached hydrogen (secondary N) is 2. The van der Waals surface area contributed by atoms with Crippen molar-refractivity contribution in [2.24, 2.45) is 5.92 Å². The summed E-state index contributed by atoms with van der Waals surface area (Å²) in [6, 6.07) is 19.4. The minimum absolute atomic E-state index is 0.0199. The first-order valence-electron chi connectivity index (χ1n) is 11.6. The number of rotatable bonds is 7. The Hall–Kier alpha value is -4.24. The van der Waals surface area contributed by atoms with Gasteiger partial charge in [-0.1, -0.05) is 30.3 Å². The maximum atomic E-state index is 14.9. The van der Waals surface area contributed by atoms with E-state index in [1.54, 1.807) is 37.6 Å². The molecule has 0 saturated heterocycles. The molecule has 0 aliphatic heterocycles. The number of hydrogen-bond acceptors (Lipinski definition) is 6. The zero-order valence-corrected chi connectivity index (χ0v) is 21.0. The molecule has 1 aromatic heterocycles. The maximum Gasteiger partial charge on any atom is 0.229 e. The summed E-state index contributed by atoms with van der Waals surface area (Å²) >= 11 is 5.27. The number of aromatic nitrogens is 1. The van der Waals surface area contributed by atoms with Gasteiger partial charge in [0.2, 0.25) is 5.91 Å². The largest absolute Gasteiger partial charge is 0.493 e. The Morgan fingerprint density at radius 1 is 0.973 bits per heavy atom. The highest BCUT2D eigenvalue weighted by Gasteiger charge is 2.44. The van der Waals surface area contributed by atoms with Gasteiger partial charge in [-0.25, -0.2) is 4.39 Å². The van der Waals surface area contributed by atoms with Crippen molar-refractivity contribution < 1.29 is 23.4 Å². The smallest absolute Gasteiger partial charge is 0.229 e. The minimum atomic E-state index is -0.601. The van der Waals surface area contributed by atoms with Crippen molar-refractivity contribution in [3.63, 3.8) is 0 Å². The summed E-state index contributed by atoms with van der Waals surface area (Å²) in [5.41, 5.74) is 2.13. The van der Waals surface area contributed by atoms with Crippen LogP contribution < -0.4 is 24.8 Å². The molecule has 0 bridgehead atoms. The summed E-state index contributed by atoms with van der Waals surface area (Å²) < 4.78 is 31.5. The average Bonchev–Trinajstić information content (AvgIpc) is 3.71. The predicted octanol–water partition coefficient (Wildman–Crippen LogP) is 5.80. The second-order valence-corrected chi connectivity index (χ2v) is 8.99. The van der Waals surface area contributed by atoms with E-state index in [0.29, 0.717) is 33.8 Å². The molecular weight excluding hydrogens is 493 g/mol. The van der Waals surface area contributed by atoms with E-state index >= 15 is 0 Å².